The first-order chi connectivity index (χ1) is 13.0. The van der Waals surface area contributed by atoms with Crippen LogP contribution in [0.15, 0.2) is 46.2 Å². The molecular weight excluding hydrogens is 435 g/mol. The van der Waals surface area contributed by atoms with E-state index in [4.69, 9.17) is 16.7 Å². The fraction of sp³-hybridized carbons (Fsp3) is 0.188. The summed E-state index contributed by atoms with van der Waals surface area (Å²) in [5.74, 6) is -2.43. The van der Waals surface area contributed by atoms with Crippen molar-refractivity contribution in [3.05, 3.63) is 52.8 Å². The molecule has 3 rings (SSSR count). The number of carbonyl (C=O) groups is 1. The zero-order valence-electron chi connectivity index (χ0n) is 14.0. The highest BCUT2D eigenvalue weighted by Gasteiger charge is 2.30. The van der Waals surface area contributed by atoms with E-state index < -0.39 is 52.3 Å². The van der Waals surface area contributed by atoms with Gasteiger partial charge in [-0.25, -0.2) is 30.7 Å². The van der Waals surface area contributed by atoms with E-state index in [1.165, 1.54) is 12.1 Å². The Bertz CT molecular complexity index is 1160. The van der Waals surface area contributed by atoms with Crippen molar-refractivity contribution < 1.29 is 31.1 Å². The molecule has 0 radical (unpaired) electrons. The number of rotatable bonds is 7. The normalized spacial score (nSPS) is 14.6. The standard InChI is InChI=1S/C16H14ClFN2O6S2/c17-12-7-13(18)14(8-15(12)28(25,26)19-10-4-5-10)20-27(23,24)11-3-1-2-9(6-11)16(21)22/h1-3,6-8,10,19-20H,4-5H2,(H,21,22). The Kier molecular flexibility index (Phi) is 5.36. The monoisotopic (exact) mass is 448 g/mol. The van der Waals surface area contributed by atoms with Crippen LogP contribution in [0.25, 0.3) is 0 Å². The lowest BCUT2D eigenvalue weighted by atomic mass is 10.2. The number of benzene rings is 2. The van der Waals surface area contributed by atoms with E-state index in [2.05, 4.69) is 4.72 Å². The summed E-state index contributed by atoms with van der Waals surface area (Å²) in [6.07, 6.45) is 1.33. The lowest BCUT2D eigenvalue weighted by Crippen LogP contribution is -2.26. The van der Waals surface area contributed by atoms with E-state index >= 15 is 0 Å². The third kappa shape index (κ3) is 4.43. The lowest BCUT2D eigenvalue weighted by Gasteiger charge is -2.13. The Morgan fingerprint density at radius 1 is 1.11 bits per heavy atom. The van der Waals surface area contributed by atoms with Crippen LogP contribution in [0.1, 0.15) is 23.2 Å². The molecule has 150 valence electrons. The maximum atomic E-state index is 14.2. The SMILES string of the molecule is O=C(O)c1cccc(S(=O)(=O)Nc2cc(S(=O)(=O)NC3CC3)c(Cl)cc2F)c1. The van der Waals surface area contributed by atoms with Crippen molar-refractivity contribution in [1.29, 1.82) is 0 Å². The van der Waals surface area contributed by atoms with E-state index in [1.54, 1.807) is 0 Å². The molecule has 0 bridgehead atoms. The van der Waals surface area contributed by atoms with Crippen molar-refractivity contribution in [3.8, 4) is 0 Å². The van der Waals surface area contributed by atoms with Crippen LogP contribution in [0.2, 0.25) is 5.02 Å². The average Bonchev–Trinajstić information content (AvgIpc) is 3.40. The molecule has 0 spiro atoms. The molecule has 2 aromatic rings. The van der Waals surface area contributed by atoms with E-state index in [9.17, 15) is 26.0 Å². The quantitative estimate of drug-likeness (QED) is 0.596. The van der Waals surface area contributed by atoms with Crippen molar-refractivity contribution >= 4 is 43.3 Å². The zero-order valence-corrected chi connectivity index (χ0v) is 16.4. The van der Waals surface area contributed by atoms with Gasteiger partial charge in [0.05, 0.1) is 21.2 Å². The molecule has 3 N–H and O–H groups in total. The van der Waals surface area contributed by atoms with Gasteiger partial charge in [-0.3, -0.25) is 4.72 Å². The minimum Gasteiger partial charge on any atom is -0.478 e. The zero-order chi connectivity index (χ0) is 20.7. The fourth-order valence-corrected chi connectivity index (χ4v) is 5.25. The summed E-state index contributed by atoms with van der Waals surface area (Å²) >= 11 is 5.83. The molecule has 0 saturated heterocycles. The number of halogens is 2. The molecule has 0 amide bonds. The molecule has 0 atom stereocenters. The van der Waals surface area contributed by atoms with Crippen LogP contribution in [0.3, 0.4) is 0 Å². The molecule has 0 aromatic heterocycles. The first kappa shape index (κ1) is 20.5. The highest BCUT2D eigenvalue weighted by atomic mass is 35.5. The number of carboxylic acid groups (broad SMARTS) is 1. The van der Waals surface area contributed by atoms with Crippen molar-refractivity contribution in [2.24, 2.45) is 0 Å². The van der Waals surface area contributed by atoms with Crippen LogP contribution in [0.4, 0.5) is 10.1 Å². The summed E-state index contributed by atoms with van der Waals surface area (Å²) in [5, 5.41) is 8.58. The highest BCUT2D eigenvalue weighted by molar-refractivity contribution is 7.92. The number of hydrogen-bond donors (Lipinski definition) is 3. The first-order valence-electron chi connectivity index (χ1n) is 7.87. The van der Waals surface area contributed by atoms with Crippen molar-refractivity contribution in [1.82, 2.24) is 4.72 Å². The average molecular weight is 449 g/mol. The Morgan fingerprint density at radius 2 is 1.79 bits per heavy atom. The third-order valence-electron chi connectivity index (χ3n) is 3.85. The maximum absolute atomic E-state index is 14.2. The van der Waals surface area contributed by atoms with Crippen LogP contribution >= 0.6 is 11.6 Å². The van der Waals surface area contributed by atoms with Crippen molar-refractivity contribution in [2.45, 2.75) is 28.7 Å². The van der Waals surface area contributed by atoms with Crippen molar-refractivity contribution in [2.75, 3.05) is 4.72 Å². The van der Waals surface area contributed by atoms with Gasteiger partial charge in [0, 0.05) is 6.04 Å². The molecule has 0 unspecified atom stereocenters. The number of sulfonamides is 2. The summed E-state index contributed by atoms with van der Waals surface area (Å²) < 4.78 is 68.2. The molecule has 1 aliphatic carbocycles. The molecule has 2 aromatic carbocycles. The minimum absolute atomic E-state index is 0.231. The molecule has 1 saturated carbocycles. The van der Waals surface area contributed by atoms with Crippen LogP contribution in [0.5, 0.6) is 0 Å². The molecule has 1 fully saturated rings. The number of carboxylic acids is 1. The van der Waals surface area contributed by atoms with E-state index in [0.717, 1.165) is 18.2 Å². The Hall–Kier alpha value is -2.21. The third-order valence-corrected chi connectivity index (χ3v) is 7.19. The molecule has 0 aliphatic heterocycles. The number of hydrogen-bond acceptors (Lipinski definition) is 5. The molecule has 0 heterocycles. The van der Waals surface area contributed by atoms with E-state index in [1.807, 2.05) is 4.72 Å². The van der Waals surface area contributed by atoms with Crippen LogP contribution in [0, 0.1) is 5.82 Å². The van der Waals surface area contributed by atoms with Gasteiger partial charge >= 0.3 is 5.97 Å². The van der Waals surface area contributed by atoms with Gasteiger partial charge < -0.3 is 5.11 Å². The topological polar surface area (TPSA) is 130 Å². The second-order valence-electron chi connectivity index (χ2n) is 6.10. The lowest BCUT2D eigenvalue weighted by molar-refractivity contribution is 0.0696. The molecule has 12 heteroatoms. The summed E-state index contributed by atoms with van der Waals surface area (Å²) in [5.41, 5.74) is -0.919. The van der Waals surface area contributed by atoms with Crippen molar-refractivity contribution in [3.63, 3.8) is 0 Å². The van der Waals surface area contributed by atoms with Gasteiger partial charge in [-0.1, -0.05) is 17.7 Å². The summed E-state index contributed by atoms with van der Waals surface area (Å²) in [7, 11) is -8.46. The second-order valence-corrected chi connectivity index (χ2v) is 9.87. The largest absolute Gasteiger partial charge is 0.478 e. The molecular formula is C16H14ClFN2O6S2. The number of aromatic carboxylic acids is 1. The summed E-state index contributed by atoms with van der Waals surface area (Å²) in [6, 6.07) is 5.66. The molecule has 8 nitrogen and oxygen atoms in total. The van der Waals surface area contributed by atoms with Gasteiger partial charge in [-0.05, 0) is 43.2 Å². The summed E-state index contributed by atoms with van der Waals surface area (Å²) in [4.78, 5) is 10.1. The molecule has 1 aliphatic rings. The minimum atomic E-state index is -4.39. The predicted octanol–water partition coefficient (Wildman–Crippen LogP) is 2.42. The highest BCUT2D eigenvalue weighted by Crippen LogP contribution is 2.31. The Labute approximate surface area is 165 Å². The Morgan fingerprint density at radius 3 is 2.39 bits per heavy atom. The van der Waals surface area contributed by atoms with Crippen LogP contribution in [-0.4, -0.2) is 34.0 Å². The smallest absolute Gasteiger partial charge is 0.335 e. The second kappa shape index (κ2) is 7.32. The van der Waals surface area contributed by atoms with Gasteiger partial charge in [-0.2, -0.15) is 0 Å². The van der Waals surface area contributed by atoms with E-state index in [0.29, 0.717) is 18.9 Å². The number of anilines is 1. The van der Waals surface area contributed by atoms with Gasteiger partial charge in [-0.15, -0.1) is 0 Å². The van der Waals surface area contributed by atoms with Crippen LogP contribution in [-0.2, 0) is 20.0 Å². The number of nitrogens with one attached hydrogen (secondary N) is 2. The van der Waals surface area contributed by atoms with E-state index in [-0.39, 0.29) is 11.6 Å². The predicted molar refractivity (Wildman–Crippen MR) is 99.0 cm³/mol. The Balaban J connectivity index is 1.98. The maximum Gasteiger partial charge on any atom is 0.335 e. The van der Waals surface area contributed by atoms with Gasteiger partial charge in [0.1, 0.15) is 10.7 Å². The summed E-state index contributed by atoms with van der Waals surface area (Å²) in [6.45, 7) is 0. The van der Waals surface area contributed by atoms with Gasteiger partial charge in [0.25, 0.3) is 10.0 Å². The fourth-order valence-electron chi connectivity index (χ4n) is 2.30. The van der Waals surface area contributed by atoms with Gasteiger partial charge in [0.15, 0.2) is 0 Å². The first-order valence-corrected chi connectivity index (χ1v) is 11.2. The molecule has 28 heavy (non-hydrogen) atoms. The van der Waals surface area contributed by atoms with Crippen LogP contribution < -0.4 is 9.44 Å². The van der Waals surface area contributed by atoms with Gasteiger partial charge in [0.2, 0.25) is 10.0 Å².